The summed E-state index contributed by atoms with van der Waals surface area (Å²) in [6.45, 7) is 1.20. The zero-order valence-corrected chi connectivity index (χ0v) is 16.7. The fourth-order valence-electron chi connectivity index (χ4n) is 2.65. The lowest BCUT2D eigenvalue weighted by Gasteiger charge is -2.14. The molecule has 27 heavy (non-hydrogen) atoms. The number of hydrogen-bond acceptors (Lipinski definition) is 5. The van der Waals surface area contributed by atoms with E-state index in [-0.39, 0.29) is 22.9 Å². The van der Waals surface area contributed by atoms with E-state index in [1.807, 2.05) is 0 Å². The Morgan fingerprint density at radius 1 is 1.19 bits per heavy atom. The molecule has 142 valence electrons. The van der Waals surface area contributed by atoms with Gasteiger partial charge < -0.3 is 19.8 Å². The quantitative estimate of drug-likeness (QED) is 0.604. The van der Waals surface area contributed by atoms with Gasteiger partial charge in [0.2, 0.25) is 0 Å². The number of carbonyl (C=O) groups is 2. The summed E-state index contributed by atoms with van der Waals surface area (Å²) in [5.41, 5.74) is 0.918. The van der Waals surface area contributed by atoms with E-state index in [1.54, 1.807) is 30.3 Å². The van der Waals surface area contributed by atoms with Gasteiger partial charge in [-0.15, -0.1) is 0 Å². The first-order chi connectivity index (χ1) is 13.0. The molecule has 0 aliphatic carbocycles. The highest BCUT2D eigenvalue weighted by atomic mass is 79.9. The second-order valence-electron chi connectivity index (χ2n) is 5.90. The van der Waals surface area contributed by atoms with Gasteiger partial charge in [-0.25, -0.2) is 0 Å². The molecule has 0 bridgehead atoms. The fourth-order valence-corrected chi connectivity index (χ4v) is 3.16. The predicted molar refractivity (Wildman–Crippen MR) is 108 cm³/mol. The minimum Gasteiger partial charge on any atom is -0.444 e. The number of anilines is 1. The third-order valence-electron chi connectivity index (χ3n) is 3.96. The van der Waals surface area contributed by atoms with Crippen molar-refractivity contribution < 1.29 is 18.7 Å². The summed E-state index contributed by atoms with van der Waals surface area (Å²) in [6, 6.07) is 10.1. The number of furan rings is 1. The smallest absolute Gasteiger partial charge is 0.293 e. The summed E-state index contributed by atoms with van der Waals surface area (Å²) in [5.74, 6) is -0.607. The molecule has 2 heterocycles. The Morgan fingerprint density at radius 2 is 2.00 bits per heavy atom. The first-order valence-corrected chi connectivity index (χ1v) is 9.59. The number of halogens is 1. The normalized spacial score (nSPS) is 16.0. The van der Waals surface area contributed by atoms with E-state index in [4.69, 9.17) is 21.4 Å². The van der Waals surface area contributed by atoms with Crippen LogP contribution >= 0.6 is 28.1 Å². The third kappa shape index (κ3) is 5.38. The van der Waals surface area contributed by atoms with Crippen molar-refractivity contribution in [1.29, 1.82) is 0 Å². The van der Waals surface area contributed by atoms with Gasteiger partial charge in [0.15, 0.2) is 15.5 Å². The number of ether oxygens (including phenoxy) is 1. The molecule has 2 aromatic rings. The van der Waals surface area contributed by atoms with Gasteiger partial charge in [-0.1, -0.05) is 12.1 Å². The summed E-state index contributed by atoms with van der Waals surface area (Å²) in [6.07, 6.45) is 2.01. The molecule has 3 N–H and O–H groups in total. The molecule has 3 rings (SSSR count). The SMILES string of the molecule is O=C(NC(=S)Nc1ccccc1C(=O)NCC1CCCO1)c1ccc(Br)o1. The molecule has 1 aromatic heterocycles. The van der Waals surface area contributed by atoms with Gasteiger partial charge in [-0.2, -0.15) is 0 Å². The highest BCUT2D eigenvalue weighted by Gasteiger charge is 2.18. The van der Waals surface area contributed by atoms with Crippen molar-refractivity contribution in [3.63, 3.8) is 0 Å². The molecule has 1 fully saturated rings. The first-order valence-electron chi connectivity index (χ1n) is 8.39. The Morgan fingerprint density at radius 3 is 2.70 bits per heavy atom. The Bertz CT molecular complexity index is 849. The average molecular weight is 452 g/mol. The van der Waals surface area contributed by atoms with E-state index in [1.165, 1.54) is 6.07 Å². The first kappa shape index (κ1) is 19.5. The van der Waals surface area contributed by atoms with Crippen molar-refractivity contribution in [2.45, 2.75) is 18.9 Å². The van der Waals surface area contributed by atoms with Gasteiger partial charge in [0.25, 0.3) is 11.8 Å². The Kier molecular flexibility index (Phi) is 6.59. The second-order valence-corrected chi connectivity index (χ2v) is 7.09. The number of nitrogens with one attached hydrogen (secondary N) is 3. The summed E-state index contributed by atoms with van der Waals surface area (Å²) in [5, 5.41) is 8.33. The maximum atomic E-state index is 12.5. The third-order valence-corrected chi connectivity index (χ3v) is 4.59. The van der Waals surface area contributed by atoms with Crippen molar-refractivity contribution in [2.75, 3.05) is 18.5 Å². The van der Waals surface area contributed by atoms with Crippen molar-refractivity contribution in [2.24, 2.45) is 0 Å². The Balaban J connectivity index is 1.60. The van der Waals surface area contributed by atoms with Crippen LogP contribution in [0.2, 0.25) is 0 Å². The van der Waals surface area contributed by atoms with Crippen LogP contribution in [0.5, 0.6) is 0 Å². The zero-order valence-electron chi connectivity index (χ0n) is 14.3. The molecule has 1 saturated heterocycles. The van der Waals surface area contributed by atoms with Crippen LogP contribution in [0.25, 0.3) is 0 Å². The van der Waals surface area contributed by atoms with Gasteiger partial charge in [-0.3, -0.25) is 14.9 Å². The van der Waals surface area contributed by atoms with E-state index < -0.39 is 5.91 Å². The minimum absolute atomic E-state index is 0.0575. The Hall–Kier alpha value is -2.23. The summed E-state index contributed by atoms with van der Waals surface area (Å²) in [4.78, 5) is 24.6. The summed E-state index contributed by atoms with van der Waals surface area (Å²) >= 11 is 8.31. The largest absolute Gasteiger partial charge is 0.444 e. The lowest BCUT2D eigenvalue weighted by atomic mass is 10.1. The van der Waals surface area contributed by atoms with Crippen LogP contribution in [0, 0.1) is 0 Å². The number of thiocarbonyl (C=S) groups is 1. The number of carbonyl (C=O) groups excluding carboxylic acids is 2. The van der Waals surface area contributed by atoms with Crippen LogP contribution in [-0.4, -0.2) is 36.2 Å². The van der Waals surface area contributed by atoms with Gasteiger partial charge in [0, 0.05) is 13.2 Å². The lowest BCUT2D eigenvalue weighted by Crippen LogP contribution is -2.35. The summed E-state index contributed by atoms with van der Waals surface area (Å²) < 4.78 is 11.1. The number of benzene rings is 1. The molecule has 7 nitrogen and oxygen atoms in total. The number of para-hydroxylation sites is 1. The van der Waals surface area contributed by atoms with E-state index in [0.29, 0.717) is 22.5 Å². The molecule has 1 aromatic carbocycles. The molecule has 1 unspecified atom stereocenters. The molecular formula is C18H18BrN3O4S. The highest BCUT2D eigenvalue weighted by Crippen LogP contribution is 2.17. The Labute approximate surface area is 170 Å². The fraction of sp³-hybridized carbons (Fsp3) is 0.278. The van der Waals surface area contributed by atoms with Gasteiger partial charge >= 0.3 is 0 Å². The lowest BCUT2D eigenvalue weighted by molar-refractivity contribution is 0.0858. The number of hydrogen-bond donors (Lipinski definition) is 3. The van der Waals surface area contributed by atoms with Crippen molar-refractivity contribution >= 4 is 50.8 Å². The molecule has 2 amide bonds. The standard InChI is InChI=1S/C18H18BrN3O4S/c19-15-8-7-14(26-15)17(24)22-18(27)21-13-6-2-1-5-12(13)16(23)20-10-11-4-3-9-25-11/h1-2,5-8,11H,3-4,9-10H2,(H,20,23)(H2,21,22,24,27). The molecule has 1 atom stereocenters. The van der Waals surface area contributed by atoms with Crippen LogP contribution in [0.1, 0.15) is 33.8 Å². The second kappa shape index (κ2) is 9.12. The van der Waals surface area contributed by atoms with Crippen LogP contribution in [0.4, 0.5) is 5.69 Å². The van der Waals surface area contributed by atoms with Crippen molar-refractivity contribution in [1.82, 2.24) is 10.6 Å². The molecule has 9 heteroatoms. The number of rotatable bonds is 5. The van der Waals surface area contributed by atoms with Crippen LogP contribution in [-0.2, 0) is 4.74 Å². The predicted octanol–water partition coefficient (Wildman–Crippen LogP) is 3.08. The maximum Gasteiger partial charge on any atom is 0.293 e. The maximum absolute atomic E-state index is 12.5. The van der Waals surface area contributed by atoms with E-state index in [2.05, 4.69) is 31.9 Å². The molecule has 1 aliphatic heterocycles. The average Bonchev–Trinajstić information content (AvgIpc) is 3.31. The van der Waals surface area contributed by atoms with Crippen LogP contribution in [0.15, 0.2) is 45.5 Å². The minimum atomic E-state index is -0.487. The number of amides is 2. The monoisotopic (exact) mass is 451 g/mol. The molecule has 1 aliphatic rings. The van der Waals surface area contributed by atoms with E-state index in [9.17, 15) is 9.59 Å². The zero-order chi connectivity index (χ0) is 19.2. The van der Waals surface area contributed by atoms with Gasteiger partial charge in [-0.05, 0) is 65.3 Å². The van der Waals surface area contributed by atoms with Crippen molar-refractivity contribution in [3.8, 4) is 0 Å². The molecule has 0 saturated carbocycles. The molecular weight excluding hydrogens is 434 g/mol. The van der Waals surface area contributed by atoms with E-state index in [0.717, 1.165) is 19.4 Å². The van der Waals surface area contributed by atoms with Crippen LogP contribution in [0.3, 0.4) is 0 Å². The highest BCUT2D eigenvalue weighted by molar-refractivity contribution is 9.10. The van der Waals surface area contributed by atoms with E-state index >= 15 is 0 Å². The molecule has 0 spiro atoms. The molecule has 0 radical (unpaired) electrons. The topological polar surface area (TPSA) is 92.6 Å². The van der Waals surface area contributed by atoms with Crippen molar-refractivity contribution in [3.05, 3.63) is 52.4 Å². The van der Waals surface area contributed by atoms with Gasteiger partial charge in [0.1, 0.15) is 0 Å². The van der Waals surface area contributed by atoms with Gasteiger partial charge in [0.05, 0.1) is 17.4 Å². The summed E-state index contributed by atoms with van der Waals surface area (Å²) in [7, 11) is 0. The van der Waals surface area contributed by atoms with Crippen LogP contribution < -0.4 is 16.0 Å².